The summed E-state index contributed by atoms with van der Waals surface area (Å²) in [5.74, 6) is 0. The topological polar surface area (TPSA) is 38.9 Å². The van der Waals surface area contributed by atoms with Crippen LogP contribution in [-0.2, 0) is 19.6 Å². The van der Waals surface area contributed by atoms with Crippen LogP contribution in [0.4, 0.5) is 0 Å². The Labute approximate surface area is 146 Å². The molecular formula is C18H19N5S. The average Bonchev–Trinajstić information content (AvgIpc) is 2.96. The molecule has 0 amide bonds. The van der Waals surface area contributed by atoms with E-state index < -0.39 is 0 Å². The molecule has 0 saturated carbocycles. The van der Waals surface area contributed by atoms with Crippen LogP contribution in [0.15, 0.2) is 48.5 Å². The molecule has 0 unspecified atom stereocenters. The molecular weight excluding hydrogens is 318 g/mol. The van der Waals surface area contributed by atoms with Gasteiger partial charge in [-0.15, -0.1) is 0 Å². The summed E-state index contributed by atoms with van der Waals surface area (Å²) >= 11 is 5.56. The van der Waals surface area contributed by atoms with Crippen molar-refractivity contribution in [2.24, 2.45) is 0 Å². The molecule has 2 aromatic carbocycles. The van der Waals surface area contributed by atoms with Gasteiger partial charge in [0.25, 0.3) is 0 Å². The van der Waals surface area contributed by atoms with Crippen molar-refractivity contribution in [3.8, 4) is 5.69 Å². The first-order chi connectivity index (χ1) is 11.7. The molecule has 0 spiro atoms. The number of aryl methyl sites for hydroxylation is 1. The molecule has 0 saturated heterocycles. The quantitative estimate of drug-likeness (QED) is 0.689. The average molecular weight is 337 g/mol. The van der Waals surface area contributed by atoms with Crippen LogP contribution in [0.5, 0.6) is 0 Å². The van der Waals surface area contributed by atoms with E-state index in [9.17, 15) is 0 Å². The Kier molecular flexibility index (Phi) is 4.00. The van der Waals surface area contributed by atoms with Crippen molar-refractivity contribution in [1.29, 1.82) is 0 Å². The van der Waals surface area contributed by atoms with Crippen LogP contribution in [0.25, 0.3) is 5.69 Å². The largest absolute Gasteiger partial charge is 0.280 e. The highest BCUT2D eigenvalue weighted by Crippen LogP contribution is 2.19. The number of hydrogen-bond donors (Lipinski definition) is 0. The van der Waals surface area contributed by atoms with Crippen LogP contribution in [0.3, 0.4) is 0 Å². The summed E-state index contributed by atoms with van der Waals surface area (Å²) in [5, 5.41) is 8.47. The summed E-state index contributed by atoms with van der Waals surface area (Å²) < 4.78 is 4.13. The van der Waals surface area contributed by atoms with Crippen LogP contribution < -0.4 is 0 Å². The van der Waals surface area contributed by atoms with Crippen LogP contribution >= 0.6 is 12.2 Å². The maximum atomic E-state index is 5.56. The number of aromatic nitrogens is 4. The van der Waals surface area contributed by atoms with Crippen molar-refractivity contribution in [2.75, 3.05) is 6.54 Å². The van der Waals surface area contributed by atoms with Gasteiger partial charge in [0.1, 0.15) is 0 Å². The number of hydrogen-bond acceptors (Lipinski definition) is 4. The fourth-order valence-corrected chi connectivity index (χ4v) is 3.31. The molecule has 1 aliphatic heterocycles. The van der Waals surface area contributed by atoms with E-state index in [-0.39, 0.29) is 0 Å². The van der Waals surface area contributed by atoms with E-state index in [0.717, 1.165) is 25.2 Å². The summed E-state index contributed by atoms with van der Waals surface area (Å²) in [6, 6.07) is 16.8. The van der Waals surface area contributed by atoms with E-state index in [2.05, 4.69) is 58.6 Å². The van der Waals surface area contributed by atoms with Gasteiger partial charge in [-0.25, -0.2) is 4.68 Å². The lowest BCUT2D eigenvalue weighted by atomic mass is 10.0. The van der Waals surface area contributed by atoms with Crippen molar-refractivity contribution < 1.29 is 0 Å². The van der Waals surface area contributed by atoms with Gasteiger partial charge in [0, 0.05) is 13.1 Å². The predicted octanol–water partition coefficient (Wildman–Crippen LogP) is 3.12. The van der Waals surface area contributed by atoms with E-state index >= 15 is 0 Å². The minimum Gasteiger partial charge on any atom is -0.280 e. The maximum Gasteiger partial charge on any atom is 0.221 e. The third kappa shape index (κ3) is 2.90. The summed E-state index contributed by atoms with van der Waals surface area (Å²) in [7, 11) is 0. The Morgan fingerprint density at radius 1 is 1.00 bits per heavy atom. The molecule has 1 aromatic heterocycles. The molecule has 3 aromatic rings. The molecule has 24 heavy (non-hydrogen) atoms. The van der Waals surface area contributed by atoms with E-state index in [1.54, 1.807) is 9.36 Å². The Bertz CT molecular complexity index is 910. The van der Waals surface area contributed by atoms with Gasteiger partial charge >= 0.3 is 0 Å². The number of tetrazole rings is 1. The van der Waals surface area contributed by atoms with E-state index in [1.807, 2.05) is 12.1 Å². The van der Waals surface area contributed by atoms with Crippen LogP contribution in [0, 0.1) is 11.7 Å². The second-order valence-electron chi connectivity index (χ2n) is 6.22. The molecule has 0 atom stereocenters. The normalized spacial score (nSPS) is 14.5. The number of nitrogens with zero attached hydrogens (tertiary/aromatic N) is 5. The molecule has 1 aliphatic rings. The fourth-order valence-electron chi connectivity index (χ4n) is 3.08. The van der Waals surface area contributed by atoms with Crippen LogP contribution in [0.1, 0.15) is 16.7 Å². The Balaban J connectivity index is 1.54. The van der Waals surface area contributed by atoms with E-state index in [4.69, 9.17) is 12.2 Å². The summed E-state index contributed by atoms with van der Waals surface area (Å²) in [5.41, 5.74) is 4.99. The van der Waals surface area contributed by atoms with Crippen molar-refractivity contribution >= 4 is 12.2 Å². The van der Waals surface area contributed by atoms with Crippen molar-refractivity contribution in [1.82, 2.24) is 24.7 Å². The third-order valence-electron chi connectivity index (χ3n) is 4.46. The monoisotopic (exact) mass is 337 g/mol. The minimum atomic E-state index is 0.623. The van der Waals surface area contributed by atoms with Gasteiger partial charge in [-0.3, -0.25) is 4.90 Å². The van der Waals surface area contributed by atoms with Gasteiger partial charge in [0.2, 0.25) is 4.77 Å². The maximum absolute atomic E-state index is 5.56. The van der Waals surface area contributed by atoms with Gasteiger partial charge < -0.3 is 0 Å². The van der Waals surface area contributed by atoms with Crippen LogP contribution in [0.2, 0.25) is 0 Å². The van der Waals surface area contributed by atoms with Crippen molar-refractivity contribution in [3.63, 3.8) is 0 Å². The number of benzene rings is 2. The first kappa shape index (κ1) is 15.2. The summed E-state index contributed by atoms with van der Waals surface area (Å²) in [6.07, 6.45) is 1.07. The van der Waals surface area contributed by atoms with Crippen LogP contribution in [-0.4, -0.2) is 31.2 Å². The highest BCUT2D eigenvalue weighted by Gasteiger charge is 2.17. The van der Waals surface area contributed by atoms with Gasteiger partial charge in [-0.2, -0.15) is 4.68 Å². The molecule has 0 radical (unpaired) electrons. The van der Waals surface area contributed by atoms with E-state index in [0.29, 0.717) is 11.4 Å². The molecule has 0 aliphatic carbocycles. The molecule has 0 fully saturated rings. The highest BCUT2D eigenvalue weighted by molar-refractivity contribution is 7.71. The molecule has 6 heteroatoms. The smallest absolute Gasteiger partial charge is 0.221 e. The second-order valence-corrected chi connectivity index (χ2v) is 6.59. The molecule has 5 nitrogen and oxygen atoms in total. The Morgan fingerprint density at radius 3 is 2.54 bits per heavy atom. The molecule has 2 heterocycles. The summed E-state index contributed by atoms with van der Waals surface area (Å²) in [6.45, 7) is 4.67. The lowest BCUT2D eigenvalue weighted by molar-refractivity contribution is 0.186. The fraction of sp³-hybridized carbons (Fsp3) is 0.278. The number of rotatable bonds is 3. The molecule has 0 N–H and O–H groups in total. The minimum absolute atomic E-state index is 0.623. The van der Waals surface area contributed by atoms with Gasteiger partial charge in [0.15, 0.2) is 0 Å². The molecule has 4 rings (SSSR count). The zero-order chi connectivity index (χ0) is 16.5. The Hall–Kier alpha value is -2.31. The lowest BCUT2D eigenvalue weighted by Gasteiger charge is -2.28. The van der Waals surface area contributed by atoms with E-state index in [1.165, 1.54) is 16.7 Å². The summed E-state index contributed by atoms with van der Waals surface area (Å²) in [4.78, 5) is 2.35. The van der Waals surface area contributed by atoms with Crippen molar-refractivity contribution in [2.45, 2.75) is 26.6 Å². The SMILES string of the molecule is Cc1ccc(-n2nnn(CN3CCc4ccccc4C3)c2=S)cc1. The zero-order valence-corrected chi connectivity index (χ0v) is 14.4. The molecule has 0 bridgehead atoms. The zero-order valence-electron chi connectivity index (χ0n) is 13.6. The second kappa shape index (κ2) is 6.30. The Morgan fingerprint density at radius 2 is 1.75 bits per heavy atom. The lowest BCUT2D eigenvalue weighted by Crippen LogP contribution is -2.32. The number of fused-ring (bicyclic) bond motifs is 1. The first-order valence-electron chi connectivity index (χ1n) is 8.10. The van der Waals surface area contributed by atoms with Gasteiger partial charge in [-0.05, 0) is 59.2 Å². The van der Waals surface area contributed by atoms with Crippen molar-refractivity contribution in [3.05, 3.63) is 70.0 Å². The molecule has 122 valence electrons. The van der Waals surface area contributed by atoms with Gasteiger partial charge in [-0.1, -0.05) is 42.0 Å². The highest BCUT2D eigenvalue weighted by atomic mass is 32.1. The first-order valence-corrected chi connectivity index (χ1v) is 8.50. The van der Waals surface area contributed by atoms with Gasteiger partial charge in [0.05, 0.1) is 12.4 Å². The predicted molar refractivity (Wildman–Crippen MR) is 95.5 cm³/mol. The standard InChI is InChI=1S/C18H19N5S/c1-14-6-8-17(9-7-14)23-18(24)22(19-20-23)13-21-11-10-15-4-2-3-5-16(15)12-21/h2-9H,10-13H2,1H3. The third-order valence-corrected chi connectivity index (χ3v) is 4.85.